The van der Waals surface area contributed by atoms with Crippen LogP contribution < -0.4 is 17.2 Å². The third kappa shape index (κ3) is 3.49. The molecule has 0 radical (unpaired) electrons. The summed E-state index contributed by atoms with van der Waals surface area (Å²) in [6, 6.07) is 12.8. The highest BCUT2D eigenvalue weighted by molar-refractivity contribution is 9.10. The molecule has 0 unspecified atom stereocenters. The van der Waals surface area contributed by atoms with E-state index in [9.17, 15) is 0 Å². The maximum atomic E-state index is 5.95. The summed E-state index contributed by atoms with van der Waals surface area (Å²) in [5.41, 5.74) is 18.5. The molecule has 0 saturated heterocycles. The lowest BCUT2D eigenvalue weighted by Crippen LogP contribution is -2.21. The standard InChI is InChI=1S/C16H14BrN7/c17-10-2-1-9-8-21-15(18)14(13(9)7-10)24-23-12-5-3-11(4-6-12)22-16(19)20/h1-8H,(H2,18,21)(H4,19,20,22). The van der Waals surface area contributed by atoms with Crippen molar-refractivity contribution in [2.45, 2.75) is 0 Å². The van der Waals surface area contributed by atoms with Crippen molar-refractivity contribution in [3.05, 3.63) is 53.1 Å². The number of halogens is 1. The molecule has 0 bridgehead atoms. The normalized spacial score (nSPS) is 11.0. The van der Waals surface area contributed by atoms with Gasteiger partial charge < -0.3 is 17.2 Å². The van der Waals surface area contributed by atoms with Gasteiger partial charge in [0.15, 0.2) is 11.8 Å². The first-order valence-corrected chi connectivity index (χ1v) is 7.77. The number of rotatable bonds is 3. The minimum atomic E-state index is 0.00422. The molecule has 0 aliphatic rings. The Balaban J connectivity index is 1.97. The first-order valence-electron chi connectivity index (χ1n) is 6.98. The smallest absolute Gasteiger partial charge is 0.191 e. The second-order valence-corrected chi connectivity index (χ2v) is 5.89. The van der Waals surface area contributed by atoms with Gasteiger partial charge in [0.2, 0.25) is 0 Å². The van der Waals surface area contributed by atoms with Crippen molar-refractivity contribution in [3.63, 3.8) is 0 Å². The van der Waals surface area contributed by atoms with E-state index in [2.05, 4.69) is 36.1 Å². The third-order valence-corrected chi connectivity index (χ3v) is 3.72. The molecule has 0 saturated carbocycles. The van der Waals surface area contributed by atoms with Crippen LogP contribution in [0, 0.1) is 0 Å². The number of anilines is 1. The predicted molar refractivity (Wildman–Crippen MR) is 99.9 cm³/mol. The average Bonchev–Trinajstić information content (AvgIpc) is 2.55. The van der Waals surface area contributed by atoms with Gasteiger partial charge in [0.1, 0.15) is 5.69 Å². The lowest BCUT2D eigenvalue weighted by molar-refractivity contribution is 1.22. The van der Waals surface area contributed by atoms with Crippen LogP contribution in [-0.4, -0.2) is 10.9 Å². The van der Waals surface area contributed by atoms with Crippen LogP contribution in [0.5, 0.6) is 0 Å². The molecule has 8 heteroatoms. The van der Waals surface area contributed by atoms with Gasteiger partial charge in [-0.15, -0.1) is 5.11 Å². The number of hydrogen-bond acceptors (Lipinski definition) is 5. The van der Waals surface area contributed by atoms with Crippen LogP contribution in [0.2, 0.25) is 0 Å². The van der Waals surface area contributed by atoms with Gasteiger partial charge in [0.25, 0.3) is 0 Å². The summed E-state index contributed by atoms with van der Waals surface area (Å²) in [4.78, 5) is 8.11. The number of nitrogen functional groups attached to an aromatic ring is 1. The van der Waals surface area contributed by atoms with Crippen LogP contribution in [0.25, 0.3) is 10.8 Å². The summed E-state index contributed by atoms with van der Waals surface area (Å²) in [5, 5.41) is 10.3. The number of aromatic nitrogens is 1. The Bertz CT molecular complexity index is 939. The van der Waals surface area contributed by atoms with E-state index < -0.39 is 0 Å². The molecule has 0 amide bonds. The van der Waals surface area contributed by atoms with Crippen molar-refractivity contribution in [1.29, 1.82) is 0 Å². The minimum Gasteiger partial charge on any atom is -0.382 e. The van der Waals surface area contributed by atoms with Crippen molar-refractivity contribution in [1.82, 2.24) is 4.98 Å². The van der Waals surface area contributed by atoms with Gasteiger partial charge in [-0.3, -0.25) is 0 Å². The largest absolute Gasteiger partial charge is 0.382 e. The fourth-order valence-corrected chi connectivity index (χ4v) is 2.50. The van der Waals surface area contributed by atoms with Gasteiger partial charge in [-0.05, 0) is 36.4 Å². The van der Waals surface area contributed by atoms with E-state index in [-0.39, 0.29) is 5.96 Å². The Morgan fingerprint density at radius 2 is 1.67 bits per heavy atom. The average molecular weight is 384 g/mol. The van der Waals surface area contributed by atoms with Crippen molar-refractivity contribution >= 4 is 55.5 Å². The zero-order chi connectivity index (χ0) is 17.1. The molecule has 0 spiro atoms. The number of hydrogen-bond donors (Lipinski definition) is 3. The molecule has 0 aliphatic heterocycles. The molecular weight excluding hydrogens is 370 g/mol. The first kappa shape index (κ1) is 15.9. The summed E-state index contributed by atoms with van der Waals surface area (Å²) in [7, 11) is 0. The van der Waals surface area contributed by atoms with Crippen LogP contribution in [0.1, 0.15) is 0 Å². The summed E-state index contributed by atoms with van der Waals surface area (Å²) >= 11 is 3.45. The van der Waals surface area contributed by atoms with E-state index >= 15 is 0 Å². The Labute approximate surface area is 146 Å². The molecule has 0 fully saturated rings. The summed E-state index contributed by atoms with van der Waals surface area (Å²) in [6.07, 6.45) is 1.71. The van der Waals surface area contributed by atoms with Crippen LogP contribution in [0.4, 0.5) is 22.9 Å². The van der Waals surface area contributed by atoms with Crippen molar-refractivity contribution in [3.8, 4) is 0 Å². The number of fused-ring (bicyclic) bond motifs is 1. The van der Waals surface area contributed by atoms with Gasteiger partial charge in [-0.25, -0.2) is 9.98 Å². The molecule has 0 atom stereocenters. The van der Waals surface area contributed by atoms with E-state index in [1.807, 2.05) is 18.2 Å². The molecule has 1 heterocycles. The van der Waals surface area contributed by atoms with Crippen LogP contribution >= 0.6 is 15.9 Å². The zero-order valence-corrected chi connectivity index (χ0v) is 14.1. The Morgan fingerprint density at radius 1 is 0.958 bits per heavy atom. The maximum Gasteiger partial charge on any atom is 0.191 e. The first-order chi connectivity index (χ1) is 11.5. The molecule has 2 aromatic carbocycles. The Morgan fingerprint density at radius 3 is 2.38 bits per heavy atom. The number of guanidine groups is 1. The third-order valence-electron chi connectivity index (χ3n) is 3.23. The monoisotopic (exact) mass is 383 g/mol. The summed E-state index contributed by atoms with van der Waals surface area (Å²) in [5.74, 6) is 0.325. The Kier molecular flexibility index (Phi) is 4.39. The van der Waals surface area contributed by atoms with Crippen molar-refractivity contribution in [2.24, 2.45) is 26.7 Å². The van der Waals surface area contributed by atoms with Crippen LogP contribution in [-0.2, 0) is 0 Å². The summed E-state index contributed by atoms with van der Waals surface area (Å²) < 4.78 is 0.929. The van der Waals surface area contributed by atoms with Gasteiger partial charge >= 0.3 is 0 Å². The van der Waals surface area contributed by atoms with Crippen molar-refractivity contribution < 1.29 is 0 Å². The number of nitrogens with two attached hydrogens (primary N) is 3. The molecule has 7 nitrogen and oxygen atoms in total. The molecule has 120 valence electrons. The van der Waals surface area contributed by atoms with Crippen LogP contribution in [0.15, 0.2) is 68.4 Å². The van der Waals surface area contributed by atoms with E-state index in [1.54, 1.807) is 30.5 Å². The van der Waals surface area contributed by atoms with E-state index in [0.717, 1.165) is 15.2 Å². The van der Waals surface area contributed by atoms with E-state index in [4.69, 9.17) is 17.2 Å². The lowest BCUT2D eigenvalue weighted by Gasteiger charge is -2.04. The molecule has 0 aliphatic carbocycles. The second kappa shape index (κ2) is 6.63. The maximum absolute atomic E-state index is 5.95. The van der Waals surface area contributed by atoms with Gasteiger partial charge in [-0.1, -0.05) is 22.0 Å². The number of aliphatic imine (C=N–C) groups is 1. The molecule has 3 rings (SSSR count). The Hall–Kier alpha value is -3.00. The highest BCUT2D eigenvalue weighted by Crippen LogP contribution is 2.33. The minimum absolute atomic E-state index is 0.00422. The fourth-order valence-electron chi connectivity index (χ4n) is 2.14. The SMILES string of the molecule is NC(N)=Nc1ccc(N=Nc2c(N)ncc3ccc(Br)cc23)cc1. The predicted octanol–water partition coefficient (Wildman–Crippen LogP) is 3.90. The number of azo groups is 1. The quantitative estimate of drug-likeness (QED) is 0.359. The van der Waals surface area contributed by atoms with Gasteiger partial charge in [0, 0.05) is 21.4 Å². The fraction of sp³-hybridized carbons (Fsp3) is 0. The highest BCUT2D eigenvalue weighted by Gasteiger charge is 2.07. The number of nitrogens with zero attached hydrogens (tertiary/aromatic N) is 4. The molecule has 6 N–H and O–H groups in total. The van der Waals surface area contributed by atoms with E-state index in [0.29, 0.717) is 22.9 Å². The van der Waals surface area contributed by atoms with E-state index in [1.165, 1.54) is 0 Å². The zero-order valence-electron chi connectivity index (χ0n) is 12.5. The molecule has 24 heavy (non-hydrogen) atoms. The molecule has 1 aromatic heterocycles. The molecular formula is C16H14BrN7. The lowest BCUT2D eigenvalue weighted by atomic mass is 10.1. The topological polar surface area (TPSA) is 128 Å². The summed E-state index contributed by atoms with van der Waals surface area (Å²) in [6.45, 7) is 0. The van der Waals surface area contributed by atoms with Crippen molar-refractivity contribution in [2.75, 3.05) is 5.73 Å². The van der Waals surface area contributed by atoms with Crippen LogP contribution in [0.3, 0.4) is 0 Å². The van der Waals surface area contributed by atoms with Gasteiger partial charge in [0.05, 0.1) is 11.4 Å². The molecule has 3 aromatic rings. The highest BCUT2D eigenvalue weighted by atomic mass is 79.9. The van der Waals surface area contributed by atoms with Gasteiger partial charge in [-0.2, -0.15) is 5.11 Å². The second-order valence-electron chi connectivity index (χ2n) is 4.98. The number of benzene rings is 2. The number of pyridine rings is 1.